The molecule has 1 aromatic rings. The Morgan fingerprint density at radius 3 is 2.25 bits per heavy atom. The second kappa shape index (κ2) is 3.54. The van der Waals surface area contributed by atoms with E-state index in [4.69, 9.17) is 4.74 Å². The Labute approximate surface area is 91.5 Å². The summed E-state index contributed by atoms with van der Waals surface area (Å²) in [5.41, 5.74) is -0.402. The van der Waals surface area contributed by atoms with Crippen molar-refractivity contribution in [2.24, 2.45) is 0 Å². The molecule has 1 nitrogen and oxygen atoms in total. The SMILES string of the molecule is C[C@]1(c2ccc(C(F)(F)F)cc2)CC=CO1. The molecule has 4 heteroatoms. The molecule has 2 rings (SSSR count). The van der Waals surface area contributed by atoms with Crippen LogP contribution in [0.15, 0.2) is 36.6 Å². The number of rotatable bonds is 1. The summed E-state index contributed by atoms with van der Waals surface area (Å²) in [6.07, 6.45) is -0.165. The third kappa shape index (κ3) is 1.92. The minimum absolute atomic E-state index is 0.524. The normalized spacial score (nSPS) is 24.5. The minimum atomic E-state index is -4.28. The molecule has 1 aliphatic rings. The quantitative estimate of drug-likeness (QED) is 0.709. The summed E-state index contributed by atoms with van der Waals surface area (Å²) in [7, 11) is 0. The lowest BCUT2D eigenvalue weighted by atomic mass is 9.93. The maximum atomic E-state index is 12.3. The summed E-state index contributed by atoms with van der Waals surface area (Å²) in [5.74, 6) is 0. The molecule has 0 saturated carbocycles. The largest absolute Gasteiger partial charge is 0.490 e. The number of hydrogen-bond acceptors (Lipinski definition) is 1. The van der Waals surface area contributed by atoms with E-state index >= 15 is 0 Å². The zero-order valence-corrected chi connectivity index (χ0v) is 8.71. The first kappa shape index (κ1) is 11.0. The lowest BCUT2D eigenvalue weighted by Crippen LogP contribution is -2.20. The lowest BCUT2D eigenvalue weighted by Gasteiger charge is -2.24. The van der Waals surface area contributed by atoms with Crippen molar-refractivity contribution in [1.29, 1.82) is 0 Å². The Hall–Kier alpha value is -1.45. The van der Waals surface area contributed by atoms with E-state index in [0.717, 1.165) is 17.7 Å². The van der Waals surface area contributed by atoms with Crippen LogP contribution in [-0.2, 0) is 16.5 Å². The van der Waals surface area contributed by atoms with Gasteiger partial charge in [-0.05, 0) is 30.7 Å². The summed E-state index contributed by atoms with van der Waals surface area (Å²) < 4.78 is 42.4. The summed E-state index contributed by atoms with van der Waals surface area (Å²) in [5, 5.41) is 0. The second-order valence-corrected chi connectivity index (χ2v) is 4.00. The van der Waals surface area contributed by atoms with Gasteiger partial charge in [0.15, 0.2) is 0 Å². The van der Waals surface area contributed by atoms with Gasteiger partial charge in [-0.3, -0.25) is 0 Å². The molecule has 0 aromatic heterocycles. The van der Waals surface area contributed by atoms with Gasteiger partial charge >= 0.3 is 6.18 Å². The highest BCUT2D eigenvalue weighted by molar-refractivity contribution is 5.30. The molecule has 0 bridgehead atoms. The fraction of sp³-hybridized carbons (Fsp3) is 0.333. The fourth-order valence-electron chi connectivity index (χ4n) is 1.72. The Morgan fingerprint density at radius 1 is 1.19 bits per heavy atom. The number of halogens is 3. The molecule has 86 valence electrons. The van der Waals surface area contributed by atoms with E-state index in [-0.39, 0.29) is 0 Å². The Bertz CT molecular complexity index is 395. The molecular formula is C12H11F3O. The molecule has 0 saturated heterocycles. The van der Waals surface area contributed by atoms with Gasteiger partial charge in [0.2, 0.25) is 0 Å². The van der Waals surface area contributed by atoms with Crippen molar-refractivity contribution < 1.29 is 17.9 Å². The second-order valence-electron chi connectivity index (χ2n) is 4.00. The van der Waals surface area contributed by atoms with Gasteiger partial charge in [-0.15, -0.1) is 0 Å². The lowest BCUT2D eigenvalue weighted by molar-refractivity contribution is -0.137. The highest BCUT2D eigenvalue weighted by atomic mass is 19.4. The molecule has 0 amide bonds. The zero-order valence-electron chi connectivity index (χ0n) is 8.71. The third-order valence-electron chi connectivity index (χ3n) is 2.75. The average Bonchev–Trinajstić information content (AvgIpc) is 2.66. The van der Waals surface area contributed by atoms with Gasteiger partial charge < -0.3 is 4.74 Å². The van der Waals surface area contributed by atoms with Crippen molar-refractivity contribution in [3.8, 4) is 0 Å². The van der Waals surface area contributed by atoms with Crippen LogP contribution >= 0.6 is 0 Å². The molecule has 0 spiro atoms. The maximum Gasteiger partial charge on any atom is 0.416 e. The van der Waals surface area contributed by atoms with E-state index in [1.807, 2.05) is 13.0 Å². The van der Waals surface area contributed by atoms with Gasteiger partial charge in [-0.2, -0.15) is 13.2 Å². The van der Waals surface area contributed by atoms with Crippen LogP contribution in [0.1, 0.15) is 24.5 Å². The van der Waals surface area contributed by atoms with Gasteiger partial charge in [0.05, 0.1) is 11.8 Å². The summed E-state index contributed by atoms with van der Waals surface area (Å²) >= 11 is 0. The van der Waals surface area contributed by atoms with Crippen molar-refractivity contribution in [3.05, 3.63) is 47.7 Å². The highest BCUT2D eigenvalue weighted by Gasteiger charge is 2.33. The van der Waals surface area contributed by atoms with E-state index in [1.165, 1.54) is 12.1 Å². The smallest absolute Gasteiger partial charge is 0.416 e. The summed E-state index contributed by atoms with van der Waals surface area (Å²) in [6.45, 7) is 1.86. The molecule has 1 aliphatic heterocycles. The Kier molecular flexibility index (Phi) is 2.45. The van der Waals surface area contributed by atoms with Gasteiger partial charge in [0.1, 0.15) is 5.60 Å². The van der Waals surface area contributed by atoms with Gasteiger partial charge in [0, 0.05) is 6.42 Å². The molecule has 0 unspecified atom stereocenters. The first-order valence-electron chi connectivity index (χ1n) is 4.92. The van der Waals surface area contributed by atoms with Crippen molar-refractivity contribution in [1.82, 2.24) is 0 Å². The van der Waals surface area contributed by atoms with Crippen LogP contribution in [0.25, 0.3) is 0 Å². The van der Waals surface area contributed by atoms with Crippen molar-refractivity contribution in [3.63, 3.8) is 0 Å². The van der Waals surface area contributed by atoms with Crippen molar-refractivity contribution >= 4 is 0 Å². The maximum absolute atomic E-state index is 12.3. The molecule has 0 N–H and O–H groups in total. The third-order valence-corrected chi connectivity index (χ3v) is 2.75. The van der Waals surface area contributed by atoms with Crippen LogP contribution in [0.5, 0.6) is 0 Å². The first-order valence-corrected chi connectivity index (χ1v) is 4.92. The van der Waals surface area contributed by atoms with E-state index in [9.17, 15) is 13.2 Å². The highest BCUT2D eigenvalue weighted by Crippen LogP contribution is 2.36. The average molecular weight is 228 g/mol. The number of alkyl halides is 3. The standard InChI is InChI=1S/C12H11F3O/c1-11(7-2-8-16-11)9-3-5-10(6-4-9)12(13,14)15/h2-6,8H,7H2,1H3/t11-/m1/s1. The molecular weight excluding hydrogens is 217 g/mol. The molecule has 1 atom stereocenters. The molecule has 0 radical (unpaired) electrons. The van der Waals surface area contributed by atoms with Crippen molar-refractivity contribution in [2.45, 2.75) is 25.1 Å². The van der Waals surface area contributed by atoms with Gasteiger partial charge in [0.25, 0.3) is 0 Å². The van der Waals surface area contributed by atoms with Crippen LogP contribution in [0.3, 0.4) is 0 Å². The van der Waals surface area contributed by atoms with E-state index in [1.54, 1.807) is 6.26 Å². The first-order chi connectivity index (χ1) is 7.42. The minimum Gasteiger partial charge on any atom is -0.490 e. The predicted octanol–water partition coefficient (Wildman–Crippen LogP) is 3.85. The number of ether oxygens (including phenoxy) is 1. The zero-order chi connectivity index (χ0) is 11.8. The van der Waals surface area contributed by atoms with Gasteiger partial charge in [-0.1, -0.05) is 12.1 Å². The summed E-state index contributed by atoms with van der Waals surface area (Å²) in [6, 6.07) is 5.11. The van der Waals surface area contributed by atoms with Crippen LogP contribution < -0.4 is 0 Å². The van der Waals surface area contributed by atoms with Crippen molar-refractivity contribution in [2.75, 3.05) is 0 Å². The van der Waals surface area contributed by atoms with E-state index in [2.05, 4.69) is 0 Å². The molecule has 1 heterocycles. The molecule has 1 aromatic carbocycles. The molecule has 16 heavy (non-hydrogen) atoms. The molecule has 0 aliphatic carbocycles. The topological polar surface area (TPSA) is 9.23 Å². The fourth-order valence-corrected chi connectivity index (χ4v) is 1.72. The monoisotopic (exact) mass is 228 g/mol. The Balaban J connectivity index is 2.26. The Morgan fingerprint density at radius 2 is 1.81 bits per heavy atom. The van der Waals surface area contributed by atoms with Crippen LogP contribution in [0.2, 0.25) is 0 Å². The molecule has 0 fully saturated rings. The van der Waals surface area contributed by atoms with Gasteiger partial charge in [-0.25, -0.2) is 0 Å². The number of benzene rings is 1. The number of hydrogen-bond donors (Lipinski definition) is 0. The van der Waals surface area contributed by atoms with Crippen LogP contribution in [-0.4, -0.2) is 0 Å². The van der Waals surface area contributed by atoms with E-state index in [0.29, 0.717) is 6.42 Å². The van der Waals surface area contributed by atoms with E-state index < -0.39 is 17.3 Å². The van der Waals surface area contributed by atoms with Crippen LogP contribution in [0, 0.1) is 0 Å². The summed E-state index contributed by atoms with van der Waals surface area (Å²) in [4.78, 5) is 0. The predicted molar refractivity (Wildman–Crippen MR) is 53.6 cm³/mol. The van der Waals surface area contributed by atoms with Crippen LogP contribution in [0.4, 0.5) is 13.2 Å².